The lowest BCUT2D eigenvalue weighted by Crippen LogP contribution is -2.23. The largest absolute Gasteiger partial charge is 0.493 e. The van der Waals surface area contributed by atoms with Crippen molar-refractivity contribution < 1.29 is 9.47 Å². The van der Waals surface area contributed by atoms with Gasteiger partial charge < -0.3 is 14.8 Å². The number of para-hydroxylation sites is 2. The number of benzene rings is 2. The number of ether oxygens (including phenoxy) is 2. The van der Waals surface area contributed by atoms with Crippen LogP contribution in [0.4, 0.5) is 0 Å². The van der Waals surface area contributed by atoms with Crippen molar-refractivity contribution in [2.75, 3.05) is 26.8 Å². The Hall–Kier alpha value is -2.00. The lowest BCUT2D eigenvalue weighted by molar-refractivity contribution is 0.292. The van der Waals surface area contributed by atoms with E-state index in [0.29, 0.717) is 6.61 Å². The van der Waals surface area contributed by atoms with Crippen LogP contribution in [0.1, 0.15) is 5.56 Å². The highest BCUT2D eigenvalue weighted by Crippen LogP contribution is 2.25. The molecule has 0 unspecified atom stereocenters. The molecule has 0 aliphatic carbocycles. The van der Waals surface area contributed by atoms with Gasteiger partial charge in [-0.25, -0.2) is 0 Å². The monoisotopic (exact) mass is 271 g/mol. The van der Waals surface area contributed by atoms with E-state index in [-0.39, 0.29) is 0 Å². The van der Waals surface area contributed by atoms with Gasteiger partial charge in [0.25, 0.3) is 0 Å². The standard InChI is InChI=1S/C17H21NO2/c1-19-16-9-5-6-10-17(16)20-14-13-18-12-11-15-7-3-2-4-8-15/h2-10,18H,11-14H2,1H3. The fraction of sp³-hybridized carbons (Fsp3) is 0.294. The highest BCUT2D eigenvalue weighted by Gasteiger charge is 2.01. The van der Waals surface area contributed by atoms with Crippen molar-refractivity contribution in [3.05, 3.63) is 60.2 Å². The number of hydrogen-bond donors (Lipinski definition) is 1. The van der Waals surface area contributed by atoms with Gasteiger partial charge in [-0.1, -0.05) is 42.5 Å². The quantitative estimate of drug-likeness (QED) is 0.749. The zero-order valence-electron chi connectivity index (χ0n) is 11.8. The van der Waals surface area contributed by atoms with Crippen molar-refractivity contribution in [3.8, 4) is 11.5 Å². The molecular formula is C17H21NO2. The third-order valence-corrected chi connectivity index (χ3v) is 3.04. The van der Waals surface area contributed by atoms with Crippen molar-refractivity contribution in [2.24, 2.45) is 0 Å². The molecule has 0 radical (unpaired) electrons. The van der Waals surface area contributed by atoms with Crippen LogP contribution in [0.3, 0.4) is 0 Å². The van der Waals surface area contributed by atoms with E-state index in [0.717, 1.165) is 31.0 Å². The number of hydrogen-bond acceptors (Lipinski definition) is 3. The minimum atomic E-state index is 0.634. The maximum absolute atomic E-state index is 5.69. The summed E-state index contributed by atoms with van der Waals surface area (Å²) in [5.74, 6) is 1.57. The number of methoxy groups -OCH3 is 1. The molecule has 2 rings (SSSR count). The molecule has 1 N–H and O–H groups in total. The smallest absolute Gasteiger partial charge is 0.161 e. The van der Waals surface area contributed by atoms with Crippen molar-refractivity contribution in [1.29, 1.82) is 0 Å². The Morgan fingerprint density at radius 1 is 0.850 bits per heavy atom. The second-order valence-electron chi connectivity index (χ2n) is 4.48. The molecule has 3 heteroatoms. The Bertz CT molecular complexity index is 499. The maximum atomic E-state index is 5.69. The molecule has 106 valence electrons. The summed E-state index contributed by atoms with van der Waals surface area (Å²) < 4.78 is 10.9. The minimum absolute atomic E-state index is 0.634. The van der Waals surface area contributed by atoms with Crippen LogP contribution in [-0.4, -0.2) is 26.8 Å². The van der Waals surface area contributed by atoms with E-state index in [2.05, 4.69) is 29.6 Å². The highest BCUT2D eigenvalue weighted by atomic mass is 16.5. The molecule has 0 amide bonds. The van der Waals surface area contributed by atoms with E-state index < -0.39 is 0 Å². The molecule has 0 heterocycles. The Morgan fingerprint density at radius 3 is 2.30 bits per heavy atom. The summed E-state index contributed by atoms with van der Waals surface area (Å²) in [4.78, 5) is 0. The van der Waals surface area contributed by atoms with Gasteiger partial charge in [0, 0.05) is 6.54 Å². The molecule has 20 heavy (non-hydrogen) atoms. The fourth-order valence-corrected chi connectivity index (χ4v) is 1.97. The van der Waals surface area contributed by atoms with Crippen LogP contribution in [0.15, 0.2) is 54.6 Å². The second kappa shape index (κ2) is 8.23. The van der Waals surface area contributed by atoms with E-state index in [1.807, 2.05) is 30.3 Å². The van der Waals surface area contributed by atoms with Crippen LogP contribution in [0.5, 0.6) is 11.5 Å². The summed E-state index contributed by atoms with van der Waals surface area (Å²) in [6.07, 6.45) is 1.04. The molecule has 0 fully saturated rings. The van der Waals surface area contributed by atoms with E-state index in [1.54, 1.807) is 7.11 Å². The average Bonchev–Trinajstić information content (AvgIpc) is 2.52. The summed E-state index contributed by atoms with van der Waals surface area (Å²) in [5, 5.41) is 3.38. The van der Waals surface area contributed by atoms with E-state index >= 15 is 0 Å². The Labute approximate surface area is 120 Å². The lowest BCUT2D eigenvalue weighted by Gasteiger charge is -2.10. The molecule has 0 saturated carbocycles. The minimum Gasteiger partial charge on any atom is -0.493 e. The van der Waals surface area contributed by atoms with E-state index in [1.165, 1.54) is 5.56 Å². The fourth-order valence-electron chi connectivity index (χ4n) is 1.97. The van der Waals surface area contributed by atoms with Crippen LogP contribution < -0.4 is 14.8 Å². The molecule has 3 nitrogen and oxygen atoms in total. The molecule has 2 aromatic carbocycles. The van der Waals surface area contributed by atoms with Gasteiger partial charge in [-0.15, -0.1) is 0 Å². The first-order valence-corrected chi connectivity index (χ1v) is 6.90. The lowest BCUT2D eigenvalue weighted by atomic mass is 10.1. The van der Waals surface area contributed by atoms with Crippen molar-refractivity contribution >= 4 is 0 Å². The van der Waals surface area contributed by atoms with E-state index in [4.69, 9.17) is 9.47 Å². The molecule has 2 aromatic rings. The van der Waals surface area contributed by atoms with Gasteiger partial charge in [0.2, 0.25) is 0 Å². The summed E-state index contributed by atoms with van der Waals surface area (Å²) in [6.45, 7) is 2.42. The molecule has 0 aliphatic rings. The SMILES string of the molecule is COc1ccccc1OCCNCCc1ccccc1. The van der Waals surface area contributed by atoms with Crippen molar-refractivity contribution in [3.63, 3.8) is 0 Å². The molecule has 0 spiro atoms. The third-order valence-electron chi connectivity index (χ3n) is 3.04. The first-order valence-electron chi connectivity index (χ1n) is 6.90. The molecule has 0 aliphatic heterocycles. The normalized spacial score (nSPS) is 10.2. The second-order valence-corrected chi connectivity index (χ2v) is 4.48. The van der Waals surface area contributed by atoms with Crippen LogP contribution in [0, 0.1) is 0 Å². The third kappa shape index (κ3) is 4.59. The van der Waals surface area contributed by atoms with Gasteiger partial charge in [0.05, 0.1) is 7.11 Å². The summed E-state index contributed by atoms with van der Waals surface area (Å²) in [6, 6.07) is 18.2. The zero-order chi connectivity index (χ0) is 14.0. The molecule has 0 bridgehead atoms. The Morgan fingerprint density at radius 2 is 1.55 bits per heavy atom. The van der Waals surface area contributed by atoms with Gasteiger partial charge in [-0.3, -0.25) is 0 Å². The van der Waals surface area contributed by atoms with Gasteiger partial charge >= 0.3 is 0 Å². The Balaban J connectivity index is 1.62. The van der Waals surface area contributed by atoms with Gasteiger partial charge in [-0.05, 0) is 30.7 Å². The van der Waals surface area contributed by atoms with Gasteiger partial charge in [-0.2, -0.15) is 0 Å². The zero-order valence-corrected chi connectivity index (χ0v) is 11.8. The molecule has 0 aromatic heterocycles. The molecular weight excluding hydrogens is 250 g/mol. The Kier molecular flexibility index (Phi) is 5.93. The average molecular weight is 271 g/mol. The van der Waals surface area contributed by atoms with Crippen LogP contribution in [-0.2, 0) is 6.42 Å². The van der Waals surface area contributed by atoms with Crippen molar-refractivity contribution in [2.45, 2.75) is 6.42 Å². The topological polar surface area (TPSA) is 30.5 Å². The summed E-state index contributed by atoms with van der Waals surface area (Å²) >= 11 is 0. The predicted molar refractivity (Wildman–Crippen MR) is 81.5 cm³/mol. The van der Waals surface area contributed by atoms with Crippen molar-refractivity contribution in [1.82, 2.24) is 5.32 Å². The maximum Gasteiger partial charge on any atom is 0.161 e. The summed E-state index contributed by atoms with van der Waals surface area (Å²) in [7, 11) is 1.65. The van der Waals surface area contributed by atoms with Gasteiger partial charge in [0.1, 0.15) is 6.61 Å². The summed E-state index contributed by atoms with van der Waals surface area (Å²) in [5.41, 5.74) is 1.35. The van der Waals surface area contributed by atoms with Crippen LogP contribution >= 0.6 is 0 Å². The highest BCUT2D eigenvalue weighted by molar-refractivity contribution is 5.39. The number of rotatable bonds is 8. The van der Waals surface area contributed by atoms with Crippen LogP contribution in [0.25, 0.3) is 0 Å². The first kappa shape index (κ1) is 14.4. The number of nitrogens with one attached hydrogen (secondary N) is 1. The van der Waals surface area contributed by atoms with Gasteiger partial charge in [0.15, 0.2) is 11.5 Å². The predicted octanol–water partition coefficient (Wildman–Crippen LogP) is 2.91. The van der Waals surface area contributed by atoms with E-state index in [9.17, 15) is 0 Å². The molecule has 0 saturated heterocycles. The molecule has 0 atom stereocenters. The first-order chi connectivity index (χ1) is 9.90. The van der Waals surface area contributed by atoms with Crippen LogP contribution in [0.2, 0.25) is 0 Å².